The maximum absolute atomic E-state index is 13.1. The lowest BCUT2D eigenvalue weighted by atomic mass is 10.1. The van der Waals surface area contributed by atoms with Crippen molar-refractivity contribution in [2.75, 3.05) is 6.54 Å². The normalized spacial score (nSPS) is 12.0. The number of benzene rings is 1. The van der Waals surface area contributed by atoms with Gasteiger partial charge in [0.1, 0.15) is 4.64 Å². The summed E-state index contributed by atoms with van der Waals surface area (Å²) in [5, 5.41) is 12.3. The molecule has 0 spiro atoms. The fraction of sp³-hybridized carbons (Fsp3) is 0.143. The first-order valence-electron chi connectivity index (χ1n) is 6.08. The highest BCUT2D eigenvalue weighted by molar-refractivity contribution is 7.71. The molecule has 0 saturated heterocycles. The number of hydrogen-bond donors (Lipinski definition) is 3. The third-order valence-corrected chi connectivity index (χ3v) is 3.18. The van der Waals surface area contributed by atoms with Crippen molar-refractivity contribution >= 4 is 18.1 Å². The van der Waals surface area contributed by atoms with Crippen LogP contribution in [0.15, 0.2) is 36.5 Å². The number of nitrogens with one attached hydrogen (secondary N) is 2. The topological polar surface area (TPSA) is 65.1 Å². The van der Waals surface area contributed by atoms with Crippen molar-refractivity contribution < 1.29 is 18.7 Å². The Hall–Kier alpha value is -2.12. The molecule has 2 rings (SSSR count). The highest BCUT2D eigenvalue weighted by Gasteiger charge is 2.13. The van der Waals surface area contributed by atoms with Crippen LogP contribution in [0.5, 0.6) is 0 Å². The van der Waals surface area contributed by atoms with Crippen molar-refractivity contribution in [1.82, 2.24) is 10.3 Å². The van der Waals surface area contributed by atoms with Crippen molar-refractivity contribution in [3.8, 4) is 0 Å². The molecule has 21 heavy (non-hydrogen) atoms. The van der Waals surface area contributed by atoms with Crippen LogP contribution >= 0.6 is 12.2 Å². The minimum atomic E-state index is -1.15. The van der Waals surface area contributed by atoms with E-state index in [0.717, 1.165) is 12.1 Å². The summed E-state index contributed by atoms with van der Waals surface area (Å²) >= 11 is 4.96. The zero-order valence-electron chi connectivity index (χ0n) is 10.8. The van der Waals surface area contributed by atoms with Crippen LogP contribution in [0.4, 0.5) is 8.78 Å². The van der Waals surface area contributed by atoms with Crippen molar-refractivity contribution in [2.24, 2.45) is 0 Å². The lowest BCUT2D eigenvalue weighted by molar-refractivity contribution is 0.0915. The Morgan fingerprint density at radius 2 is 2.10 bits per heavy atom. The van der Waals surface area contributed by atoms with E-state index in [-0.39, 0.29) is 22.3 Å². The number of aliphatic hydroxyl groups is 1. The van der Waals surface area contributed by atoms with Gasteiger partial charge in [0.05, 0.1) is 11.7 Å². The molecule has 1 aromatic carbocycles. The van der Waals surface area contributed by atoms with Crippen LogP contribution in [0.2, 0.25) is 0 Å². The van der Waals surface area contributed by atoms with Gasteiger partial charge in [0.15, 0.2) is 11.6 Å². The molecule has 1 amide bonds. The molecule has 0 bridgehead atoms. The van der Waals surface area contributed by atoms with Crippen LogP contribution in [-0.2, 0) is 0 Å². The molecule has 0 aliphatic rings. The van der Waals surface area contributed by atoms with Crippen LogP contribution in [0.3, 0.4) is 0 Å². The molecule has 1 aromatic heterocycles. The third kappa shape index (κ3) is 3.71. The van der Waals surface area contributed by atoms with E-state index in [1.807, 2.05) is 0 Å². The number of H-pyrrole nitrogens is 1. The van der Waals surface area contributed by atoms with Gasteiger partial charge < -0.3 is 15.4 Å². The fourth-order valence-corrected chi connectivity index (χ4v) is 1.95. The second-order valence-corrected chi connectivity index (χ2v) is 4.72. The van der Waals surface area contributed by atoms with Gasteiger partial charge in [-0.3, -0.25) is 4.79 Å². The molecule has 3 N–H and O–H groups in total. The number of halogens is 2. The lowest BCUT2D eigenvalue weighted by Gasteiger charge is -2.12. The minimum absolute atomic E-state index is 0.145. The van der Waals surface area contributed by atoms with Crippen LogP contribution < -0.4 is 5.32 Å². The molecule has 0 aliphatic heterocycles. The Kier molecular flexibility index (Phi) is 4.77. The number of carbonyl (C=O) groups excluding carboxylic acids is 1. The Labute approximate surface area is 124 Å². The van der Waals surface area contributed by atoms with Crippen LogP contribution in [0.25, 0.3) is 0 Å². The quantitative estimate of drug-likeness (QED) is 0.760. The summed E-state index contributed by atoms with van der Waals surface area (Å²) in [5.41, 5.74) is 0.442. The molecule has 0 saturated carbocycles. The number of aromatic amines is 1. The molecule has 1 atom stereocenters. The number of aromatic nitrogens is 1. The molecule has 0 unspecified atom stereocenters. The van der Waals surface area contributed by atoms with Crippen LogP contribution in [-0.4, -0.2) is 22.5 Å². The van der Waals surface area contributed by atoms with Crippen molar-refractivity contribution in [1.29, 1.82) is 0 Å². The lowest BCUT2D eigenvalue weighted by Crippen LogP contribution is -2.28. The van der Waals surface area contributed by atoms with Gasteiger partial charge >= 0.3 is 0 Å². The van der Waals surface area contributed by atoms with Gasteiger partial charge in [-0.25, -0.2) is 8.78 Å². The summed E-state index contributed by atoms with van der Waals surface area (Å²) in [4.78, 5) is 14.6. The highest BCUT2D eigenvalue weighted by atomic mass is 32.1. The summed E-state index contributed by atoms with van der Waals surface area (Å²) in [6.45, 7) is -0.145. The Morgan fingerprint density at radius 1 is 1.33 bits per heavy atom. The average molecular weight is 310 g/mol. The number of pyridine rings is 1. The van der Waals surface area contributed by atoms with E-state index in [1.54, 1.807) is 12.3 Å². The molecule has 1 heterocycles. The average Bonchev–Trinajstić information content (AvgIpc) is 2.47. The highest BCUT2D eigenvalue weighted by Crippen LogP contribution is 2.15. The van der Waals surface area contributed by atoms with Crippen LogP contribution in [0.1, 0.15) is 22.0 Å². The Morgan fingerprint density at radius 3 is 2.76 bits per heavy atom. The Bertz CT molecular complexity index is 718. The second-order valence-electron chi connectivity index (χ2n) is 4.31. The van der Waals surface area contributed by atoms with Gasteiger partial charge in [0, 0.05) is 12.7 Å². The van der Waals surface area contributed by atoms with Gasteiger partial charge in [-0.1, -0.05) is 18.3 Å². The summed E-state index contributed by atoms with van der Waals surface area (Å²) < 4.78 is 26.1. The number of hydrogen-bond acceptors (Lipinski definition) is 3. The van der Waals surface area contributed by atoms with Gasteiger partial charge in [0.2, 0.25) is 0 Å². The summed E-state index contributed by atoms with van der Waals surface area (Å²) in [7, 11) is 0. The van der Waals surface area contributed by atoms with Crippen molar-refractivity contribution in [3.63, 3.8) is 0 Å². The standard InChI is InChI=1S/C14H12F2N2O2S/c15-10-4-3-8(6-11(10)16)12(19)7-18-13(20)9-2-1-5-17-14(9)21/h1-6,12,19H,7H2,(H,17,21)(H,18,20)/t12-/m1/s1. The molecular weight excluding hydrogens is 298 g/mol. The van der Waals surface area contributed by atoms with E-state index in [2.05, 4.69) is 10.3 Å². The predicted octanol–water partition coefficient (Wildman–Crippen LogP) is 2.49. The monoisotopic (exact) mass is 310 g/mol. The zero-order valence-corrected chi connectivity index (χ0v) is 11.6. The largest absolute Gasteiger partial charge is 0.387 e. The fourth-order valence-electron chi connectivity index (χ4n) is 1.72. The van der Waals surface area contributed by atoms with E-state index < -0.39 is 23.6 Å². The molecule has 0 aliphatic carbocycles. The van der Waals surface area contributed by atoms with E-state index in [0.29, 0.717) is 0 Å². The summed E-state index contributed by atoms with van der Waals surface area (Å²) in [6, 6.07) is 6.23. The SMILES string of the molecule is O=C(NC[C@@H](O)c1ccc(F)c(F)c1)c1ccc[nH]c1=S. The molecular formula is C14H12F2N2O2S. The van der Waals surface area contributed by atoms with Gasteiger partial charge in [0.25, 0.3) is 5.91 Å². The van der Waals surface area contributed by atoms with E-state index in [9.17, 15) is 18.7 Å². The second kappa shape index (κ2) is 6.55. The van der Waals surface area contributed by atoms with Gasteiger partial charge in [-0.15, -0.1) is 0 Å². The van der Waals surface area contributed by atoms with Gasteiger partial charge in [-0.05, 0) is 29.8 Å². The van der Waals surface area contributed by atoms with Crippen molar-refractivity contribution in [2.45, 2.75) is 6.10 Å². The first kappa shape index (κ1) is 15.3. The number of rotatable bonds is 4. The van der Waals surface area contributed by atoms with Gasteiger partial charge in [-0.2, -0.15) is 0 Å². The summed E-state index contributed by atoms with van der Waals surface area (Å²) in [6.07, 6.45) is 0.445. The molecule has 0 fully saturated rings. The zero-order chi connectivity index (χ0) is 15.4. The van der Waals surface area contributed by atoms with E-state index in [4.69, 9.17) is 12.2 Å². The van der Waals surface area contributed by atoms with Crippen molar-refractivity contribution in [3.05, 3.63) is 63.9 Å². The number of aliphatic hydroxyl groups excluding tert-OH is 1. The smallest absolute Gasteiger partial charge is 0.254 e. The number of amides is 1. The minimum Gasteiger partial charge on any atom is -0.387 e. The molecule has 110 valence electrons. The maximum Gasteiger partial charge on any atom is 0.254 e. The van der Waals surface area contributed by atoms with Crippen LogP contribution in [0, 0.1) is 16.3 Å². The molecule has 7 heteroatoms. The number of carbonyl (C=O) groups is 1. The molecule has 2 aromatic rings. The maximum atomic E-state index is 13.1. The first-order valence-corrected chi connectivity index (χ1v) is 6.49. The van der Waals surface area contributed by atoms with E-state index in [1.165, 1.54) is 12.1 Å². The third-order valence-electron chi connectivity index (χ3n) is 2.85. The molecule has 4 nitrogen and oxygen atoms in total. The predicted molar refractivity (Wildman–Crippen MR) is 75.3 cm³/mol. The molecule has 0 radical (unpaired) electrons. The first-order chi connectivity index (χ1) is 9.99. The Balaban J connectivity index is 2.02. The van der Waals surface area contributed by atoms with E-state index >= 15 is 0 Å². The summed E-state index contributed by atoms with van der Waals surface area (Å²) in [5.74, 6) is -2.51.